The van der Waals surface area contributed by atoms with E-state index < -0.39 is 0 Å². The van der Waals surface area contributed by atoms with Crippen LogP contribution in [0.4, 0.5) is 0 Å². The molecule has 4 heteroatoms. The summed E-state index contributed by atoms with van der Waals surface area (Å²) in [5.74, 6) is 1.49. The molecular weight excluding hydrogens is 240 g/mol. The van der Waals surface area contributed by atoms with Crippen molar-refractivity contribution in [2.45, 2.75) is 52.5 Å². The number of nitrogens with one attached hydrogen (secondary N) is 1. The van der Waals surface area contributed by atoms with Gasteiger partial charge in [-0.3, -0.25) is 4.79 Å². The quantitative estimate of drug-likeness (QED) is 0.691. The number of carbonyl (C=O) groups excluding carboxylic acids is 1. The summed E-state index contributed by atoms with van der Waals surface area (Å²) in [7, 11) is 0. The molecule has 2 N–H and O–H groups in total. The highest BCUT2D eigenvalue weighted by atomic mass is 16.3. The van der Waals surface area contributed by atoms with Gasteiger partial charge in [0.05, 0.1) is 0 Å². The maximum atomic E-state index is 12.1. The molecule has 1 heterocycles. The molecule has 1 rings (SSSR count). The van der Waals surface area contributed by atoms with Crippen molar-refractivity contribution in [2.75, 3.05) is 26.2 Å². The van der Waals surface area contributed by atoms with Gasteiger partial charge in [-0.2, -0.15) is 0 Å². The van der Waals surface area contributed by atoms with E-state index in [-0.39, 0.29) is 6.61 Å². The van der Waals surface area contributed by atoms with E-state index in [2.05, 4.69) is 26.1 Å². The summed E-state index contributed by atoms with van der Waals surface area (Å²) in [6, 6.07) is 0.383. The molecule has 0 aliphatic carbocycles. The number of aliphatic hydroxyl groups excluding tert-OH is 1. The van der Waals surface area contributed by atoms with Crippen LogP contribution in [-0.4, -0.2) is 48.2 Å². The molecule has 0 saturated carbocycles. The minimum absolute atomic E-state index is 0.228. The van der Waals surface area contributed by atoms with Gasteiger partial charge >= 0.3 is 0 Å². The Morgan fingerprint density at radius 3 is 2.74 bits per heavy atom. The van der Waals surface area contributed by atoms with Crippen LogP contribution in [0.1, 0.15) is 46.5 Å². The van der Waals surface area contributed by atoms with Crippen molar-refractivity contribution in [1.29, 1.82) is 0 Å². The second-order valence-electron chi connectivity index (χ2n) is 6.02. The highest BCUT2D eigenvalue weighted by molar-refractivity contribution is 5.76. The molecule has 1 aliphatic heterocycles. The summed E-state index contributed by atoms with van der Waals surface area (Å²) in [6.45, 7) is 9.33. The zero-order valence-electron chi connectivity index (χ0n) is 12.7. The van der Waals surface area contributed by atoms with E-state index in [1.165, 1.54) is 0 Å². The van der Waals surface area contributed by atoms with E-state index in [1.54, 1.807) is 0 Å². The summed E-state index contributed by atoms with van der Waals surface area (Å²) < 4.78 is 0. The molecule has 4 nitrogen and oxygen atoms in total. The molecular formula is C15H30N2O2. The van der Waals surface area contributed by atoms with E-state index in [1.807, 2.05) is 4.90 Å². The lowest BCUT2D eigenvalue weighted by Gasteiger charge is -2.40. The van der Waals surface area contributed by atoms with Crippen molar-refractivity contribution >= 4 is 5.91 Å². The van der Waals surface area contributed by atoms with Gasteiger partial charge in [0.2, 0.25) is 5.91 Å². The number of likely N-dealkylation sites (tertiary alicyclic amines) is 1. The average molecular weight is 270 g/mol. The van der Waals surface area contributed by atoms with Gasteiger partial charge in [-0.25, -0.2) is 0 Å². The molecule has 1 amide bonds. The fourth-order valence-corrected chi connectivity index (χ4v) is 2.73. The fraction of sp³-hybridized carbons (Fsp3) is 0.933. The summed E-state index contributed by atoms with van der Waals surface area (Å²) >= 11 is 0. The van der Waals surface area contributed by atoms with Gasteiger partial charge < -0.3 is 15.3 Å². The van der Waals surface area contributed by atoms with Crippen LogP contribution in [0.5, 0.6) is 0 Å². The zero-order valence-corrected chi connectivity index (χ0v) is 12.7. The molecule has 2 unspecified atom stereocenters. The predicted molar refractivity (Wildman–Crippen MR) is 77.9 cm³/mol. The van der Waals surface area contributed by atoms with Gasteiger partial charge in [0, 0.05) is 32.2 Å². The van der Waals surface area contributed by atoms with Gasteiger partial charge in [0.15, 0.2) is 0 Å². The number of rotatable bonds is 7. The highest BCUT2D eigenvalue weighted by Crippen LogP contribution is 2.24. The predicted octanol–water partition coefficient (Wildman–Crippen LogP) is 1.63. The van der Waals surface area contributed by atoms with Crippen LogP contribution < -0.4 is 5.32 Å². The lowest BCUT2D eigenvalue weighted by Crippen LogP contribution is -2.52. The standard InChI is InChI=1S/C15H30N2O2/c1-4-6-15(19)17-10-13(12(2)3)9-14(11-17)16-7-5-8-18/h12-14,16,18H,4-11H2,1-3H3. The molecule has 0 bridgehead atoms. The first kappa shape index (κ1) is 16.4. The molecule has 1 aliphatic rings. The van der Waals surface area contributed by atoms with Crippen molar-refractivity contribution in [3.8, 4) is 0 Å². The van der Waals surface area contributed by atoms with Gasteiger partial charge in [-0.15, -0.1) is 0 Å². The van der Waals surface area contributed by atoms with Crippen LogP contribution in [0.3, 0.4) is 0 Å². The number of hydrogen-bond donors (Lipinski definition) is 2. The van der Waals surface area contributed by atoms with Gasteiger partial charge in [0.25, 0.3) is 0 Å². The molecule has 112 valence electrons. The number of carbonyl (C=O) groups is 1. The van der Waals surface area contributed by atoms with E-state index >= 15 is 0 Å². The fourth-order valence-electron chi connectivity index (χ4n) is 2.73. The van der Waals surface area contributed by atoms with E-state index in [4.69, 9.17) is 5.11 Å². The van der Waals surface area contributed by atoms with Crippen LogP contribution in [0, 0.1) is 11.8 Å². The monoisotopic (exact) mass is 270 g/mol. The van der Waals surface area contributed by atoms with E-state index in [0.717, 1.165) is 38.9 Å². The van der Waals surface area contributed by atoms with Crippen molar-refractivity contribution in [3.63, 3.8) is 0 Å². The molecule has 2 atom stereocenters. The second kappa shape index (κ2) is 8.54. The first-order chi connectivity index (χ1) is 9.08. The minimum atomic E-state index is 0.228. The van der Waals surface area contributed by atoms with Gasteiger partial charge in [-0.05, 0) is 37.6 Å². The third-order valence-corrected chi connectivity index (χ3v) is 4.01. The Morgan fingerprint density at radius 1 is 1.42 bits per heavy atom. The summed E-state index contributed by atoms with van der Waals surface area (Å²) in [5.41, 5.74) is 0. The SMILES string of the molecule is CCCC(=O)N1CC(NCCCO)CC(C(C)C)C1. The molecule has 0 aromatic heterocycles. The third-order valence-electron chi connectivity index (χ3n) is 4.01. The Balaban J connectivity index is 2.54. The Hall–Kier alpha value is -0.610. The number of aliphatic hydroxyl groups is 1. The Bertz CT molecular complexity index is 269. The highest BCUT2D eigenvalue weighted by Gasteiger charge is 2.30. The molecule has 0 spiro atoms. The summed E-state index contributed by atoms with van der Waals surface area (Å²) in [6.07, 6.45) is 3.50. The van der Waals surface area contributed by atoms with E-state index in [0.29, 0.717) is 30.2 Å². The molecule has 0 aromatic rings. The van der Waals surface area contributed by atoms with Crippen LogP contribution in [0.25, 0.3) is 0 Å². The Kier molecular flexibility index (Phi) is 7.39. The number of hydrogen-bond acceptors (Lipinski definition) is 3. The first-order valence-electron chi connectivity index (χ1n) is 7.70. The Morgan fingerprint density at radius 2 is 2.16 bits per heavy atom. The maximum absolute atomic E-state index is 12.1. The maximum Gasteiger partial charge on any atom is 0.222 e. The van der Waals surface area contributed by atoms with Gasteiger partial charge in [-0.1, -0.05) is 20.8 Å². The number of amides is 1. The number of piperidine rings is 1. The zero-order chi connectivity index (χ0) is 14.3. The first-order valence-corrected chi connectivity index (χ1v) is 7.70. The molecule has 1 fully saturated rings. The van der Waals surface area contributed by atoms with E-state index in [9.17, 15) is 4.79 Å². The smallest absolute Gasteiger partial charge is 0.222 e. The molecule has 1 saturated heterocycles. The second-order valence-corrected chi connectivity index (χ2v) is 6.02. The van der Waals surface area contributed by atoms with Crippen LogP contribution in [0.2, 0.25) is 0 Å². The summed E-state index contributed by atoms with van der Waals surface area (Å²) in [5, 5.41) is 12.3. The molecule has 19 heavy (non-hydrogen) atoms. The van der Waals surface area contributed by atoms with Crippen molar-refractivity contribution in [1.82, 2.24) is 10.2 Å². The van der Waals surface area contributed by atoms with Crippen molar-refractivity contribution in [3.05, 3.63) is 0 Å². The van der Waals surface area contributed by atoms with Crippen molar-refractivity contribution < 1.29 is 9.90 Å². The lowest BCUT2D eigenvalue weighted by molar-refractivity contribution is -0.134. The lowest BCUT2D eigenvalue weighted by atomic mass is 9.85. The van der Waals surface area contributed by atoms with Crippen LogP contribution in [-0.2, 0) is 4.79 Å². The molecule has 0 radical (unpaired) electrons. The normalized spacial score (nSPS) is 23.9. The third kappa shape index (κ3) is 5.49. The minimum Gasteiger partial charge on any atom is -0.396 e. The Labute approximate surface area is 117 Å². The summed E-state index contributed by atoms with van der Waals surface area (Å²) in [4.78, 5) is 14.1. The topological polar surface area (TPSA) is 52.6 Å². The number of nitrogens with zero attached hydrogens (tertiary/aromatic N) is 1. The molecule has 0 aromatic carbocycles. The van der Waals surface area contributed by atoms with Gasteiger partial charge in [0.1, 0.15) is 0 Å². The van der Waals surface area contributed by atoms with Crippen molar-refractivity contribution in [2.24, 2.45) is 11.8 Å². The van der Waals surface area contributed by atoms with Crippen LogP contribution in [0.15, 0.2) is 0 Å². The largest absolute Gasteiger partial charge is 0.396 e. The average Bonchev–Trinajstić information content (AvgIpc) is 2.39. The van der Waals surface area contributed by atoms with Crippen LogP contribution >= 0.6 is 0 Å².